The average Bonchev–Trinajstić information content (AvgIpc) is 2.67. The van der Waals surface area contributed by atoms with E-state index in [-0.39, 0.29) is 5.02 Å². The highest BCUT2D eigenvalue weighted by Gasteiger charge is 2.34. The molecule has 0 aliphatic carbocycles. The van der Waals surface area contributed by atoms with Gasteiger partial charge < -0.3 is 19.5 Å². The van der Waals surface area contributed by atoms with Gasteiger partial charge in [0.1, 0.15) is 11.5 Å². The molecule has 29 heavy (non-hydrogen) atoms. The molecular formula is C19H17ClF3NO5. The van der Waals surface area contributed by atoms with Crippen molar-refractivity contribution in [1.82, 2.24) is 0 Å². The summed E-state index contributed by atoms with van der Waals surface area (Å²) in [7, 11) is 1.50. The third-order valence-electron chi connectivity index (χ3n) is 3.61. The van der Waals surface area contributed by atoms with Crippen molar-refractivity contribution in [2.75, 3.05) is 19.0 Å². The molecule has 6 nitrogen and oxygen atoms in total. The Morgan fingerprint density at radius 2 is 1.72 bits per heavy atom. The zero-order valence-corrected chi connectivity index (χ0v) is 16.1. The lowest BCUT2D eigenvalue weighted by atomic mass is 10.1. The maximum absolute atomic E-state index is 13.0. The van der Waals surface area contributed by atoms with E-state index < -0.39 is 42.0 Å². The molecule has 0 bridgehead atoms. The molecule has 1 unspecified atom stereocenters. The number of nitrogens with one attached hydrogen (secondary N) is 1. The van der Waals surface area contributed by atoms with Crippen LogP contribution in [0.5, 0.6) is 11.5 Å². The Balaban J connectivity index is 1.90. The summed E-state index contributed by atoms with van der Waals surface area (Å²) in [5.41, 5.74) is -1.61. The van der Waals surface area contributed by atoms with E-state index >= 15 is 0 Å². The van der Waals surface area contributed by atoms with Gasteiger partial charge in [-0.15, -0.1) is 0 Å². The van der Waals surface area contributed by atoms with E-state index in [1.807, 2.05) is 0 Å². The highest BCUT2D eigenvalue weighted by Crippen LogP contribution is 2.36. The van der Waals surface area contributed by atoms with Crippen LogP contribution in [0.1, 0.15) is 12.5 Å². The molecule has 0 saturated carbocycles. The van der Waals surface area contributed by atoms with Gasteiger partial charge in [-0.3, -0.25) is 4.79 Å². The molecule has 1 amide bonds. The number of rotatable bonds is 7. The number of hydrogen-bond donors (Lipinski definition) is 1. The van der Waals surface area contributed by atoms with Gasteiger partial charge in [0.25, 0.3) is 5.91 Å². The minimum absolute atomic E-state index is 0.133. The van der Waals surface area contributed by atoms with E-state index in [9.17, 15) is 22.8 Å². The first-order valence-electron chi connectivity index (χ1n) is 8.24. The van der Waals surface area contributed by atoms with E-state index in [1.165, 1.54) is 20.1 Å². The fourth-order valence-corrected chi connectivity index (χ4v) is 2.38. The van der Waals surface area contributed by atoms with E-state index in [1.54, 1.807) is 24.3 Å². The van der Waals surface area contributed by atoms with Crippen LogP contribution in [0.2, 0.25) is 5.02 Å². The Bertz CT molecular complexity index is 871. The van der Waals surface area contributed by atoms with Crippen LogP contribution >= 0.6 is 11.6 Å². The number of carbonyl (C=O) groups is 2. The van der Waals surface area contributed by atoms with E-state index in [0.29, 0.717) is 17.6 Å². The first kappa shape index (κ1) is 22.4. The molecule has 1 N–H and O–H groups in total. The molecule has 10 heteroatoms. The predicted octanol–water partition coefficient (Wildman–Crippen LogP) is 4.32. The lowest BCUT2D eigenvalue weighted by Crippen LogP contribution is -2.30. The summed E-state index contributed by atoms with van der Waals surface area (Å²) in [5, 5.41) is 1.92. The van der Waals surface area contributed by atoms with Crippen molar-refractivity contribution in [2.45, 2.75) is 19.2 Å². The van der Waals surface area contributed by atoms with Crippen molar-refractivity contribution in [3.63, 3.8) is 0 Å². The van der Waals surface area contributed by atoms with Gasteiger partial charge >= 0.3 is 12.1 Å². The van der Waals surface area contributed by atoms with Crippen molar-refractivity contribution in [3.05, 3.63) is 53.1 Å². The van der Waals surface area contributed by atoms with Crippen molar-refractivity contribution in [3.8, 4) is 11.5 Å². The monoisotopic (exact) mass is 431 g/mol. The summed E-state index contributed by atoms with van der Waals surface area (Å²) in [6.45, 7) is 0.625. The van der Waals surface area contributed by atoms with Crippen molar-refractivity contribution < 1.29 is 37.0 Å². The van der Waals surface area contributed by atoms with Crippen LogP contribution in [0.3, 0.4) is 0 Å². The SMILES string of the molecule is COc1ccc(OC(C)C(=O)OCC(=O)Nc2ccc(Cl)cc2C(F)(F)F)cc1. The fourth-order valence-electron chi connectivity index (χ4n) is 2.21. The number of anilines is 1. The molecule has 0 aromatic heterocycles. The Hall–Kier alpha value is -2.94. The van der Waals surface area contributed by atoms with Crippen LogP contribution in [0.25, 0.3) is 0 Å². The summed E-state index contributed by atoms with van der Waals surface area (Å²) >= 11 is 5.58. The van der Waals surface area contributed by atoms with Gasteiger partial charge in [-0.05, 0) is 49.4 Å². The molecule has 156 valence electrons. The quantitative estimate of drug-likeness (QED) is 0.661. The van der Waals surface area contributed by atoms with Crippen molar-refractivity contribution in [2.24, 2.45) is 0 Å². The maximum atomic E-state index is 13.0. The van der Waals surface area contributed by atoms with Gasteiger partial charge in [0.15, 0.2) is 12.7 Å². The van der Waals surface area contributed by atoms with E-state index in [2.05, 4.69) is 5.32 Å². The van der Waals surface area contributed by atoms with Gasteiger partial charge in [0.05, 0.1) is 18.4 Å². The number of esters is 1. The van der Waals surface area contributed by atoms with Crippen LogP contribution in [0.15, 0.2) is 42.5 Å². The lowest BCUT2D eigenvalue weighted by Gasteiger charge is -2.16. The number of methoxy groups -OCH3 is 1. The summed E-state index contributed by atoms with van der Waals surface area (Å²) in [4.78, 5) is 23.8. The zero-order valence-electron chi connectivity index (χ0n) is 15.4. The molecule has 0 aliphatic heterocycles. The second-order valence-corrected chi connectivity index (χ2v) is 6.22. The third-order valence-corrected chi connectivity index (χ3v) is 3.85. The van der Waals surface area contributed by atoms with Crippen LogP contribution in [0, 0.1) is 0 Å². The van der Waals surface area contributed by atoms with Gasteiger partial charge in [-0.2, -0.15) is 13.2 Å². The molecule has 0 aliphatic rings. The average molecular weight is 432 g/mol. The van der Waals surface area contributed by atoms with Crippen LogP contribution in [0.4, 0.5) is 18.9 Å². The van der Waals surface area contributed by atoms with Crippen LogP contribution < -0.4 is 14.8 Å². The molecule has 0 fully saturated rings. The minimum atomic E-state index is -4.72. The first-order valence-corrected chi connectivity index (χ1v) is 8.62. The van der Waals surface area contributed by atoms with E-state index in [4.69, 9.17) is 25.8 Å². The molecular weight excluding hydrogens is 415 g/mol. The standard InChI is InChI=1S/C19H17ClF3NO5/c1-11(29-14-6-4-13(27-2)5-7-14)18(26)28-10-17(25)24-16-8-3-12(20)9-15(16)19(21,22)23/h3-9,11H,10H2,1-2H3,(H,24,25). The first-order chi connectivity index (χ1) is 13.6. The van der Waals surface area contributed by atoms with Crippen molar-refractivity contribution in [1.29, 1.82) is 0 Å². The molecule has 1 atom stereocenters. The molecule has 2 aromatic carbocycles. The van der Waals surface area contributed by atoms with Gasteiger partial charge in [0.2, 0.25) is 0 Å². The van der Waals surface area contributed by atoms with Crippen molar-refractivity contribution >= 4 is 29.2 Å². The number of benzene rings is 2. The number of hydrogen-bond acceptors (Lipinski definition) is 5. The largest absolute Gasteiger partial charge is 0.497 e. The molecule has 0 radical (unpaired) electrons. The molecule has 0 heterocycles. The summed E-state index contributed by atoms with van der Waals surface area (Å²) < 4.78 is 54.3. The maximum Gasteiger partial charge on any atom is 0.418 e. The summed E-state index contributed by atoms with van der Waals surface area (Å²) in [6, 6.07) is 9.32. The minimum Gasteiger partial charge on any atom is -0.497 e. The van der Waals surface area contributed by atoms with Gasteiger partial charge in [-0.25, -0.2) is 4.79 Å². The molecule has 0 spiro atoms. The number of ether oxygens (including phenoxy) is 3. The van der Waals surface area contributed by atoms with Gasteiger partial charge in [-0.1, -0.05) is 11.6 Å². The van der Waals surface area contributed by atoms with Gasteiger partial charge in [0, 0.05) is 5.02 Å². The second-order valence-electron chi connectivity index (χ2n) is 5.78. The Kier molecular flexibility index (Phi) is 7.33. The lowest BCUT2D eigenvalue weighted by molar-refractivity contribution is -0.153. The smallest absolute Gasteiger partial charge is 0.418 e. The Morgan fingerprint density at radius 3 is 2.31 bits per heavy atom. The molecule has 2 aromatic rings. The van der Waals surface area contributed by atoms with Crippen LogP contribution in [-0.2, 0) is 20.5 Å². The number of amides is 1. The zero-order chi connectivity index (χ0) is 21.6. The van der Waals surface area contributed by atoms with Crippen LogP contribution in [-0.4, -0.2) is 31.7 Å². The highest BCUT2D eigenvalue weighted by molar-refractivity contribution is 6.30. The normalized spacial score (nSPS) is 12.1. The topological polar surface area (TPSA) is 73.9 Å². The Morgan fingerprint density at radius 1 is 1.10 bits per heavy atom. The predicted molar refractivity (Wildman–Crippen MR) is 99.1 cm³/mol. The van der Waals surface area contributed by atoms with E-state index in [0.717, 1.165) is 6.07 Å². The number of halogens is 4. The highest BCUT2D eigenvalue weighted by atomic mass is 35.5. The summed E-state index contributed by atoms with van der Waals surface area (Å²) in [5.74, 6) is -0.828. The summed E-state index contributed by atoms with van der Waals surface area (Å²) in [6.07, 6.45) is -5.76. The number of carbonyl (C=O) groups excluding carboxylic acids is 2. The fraction of sp³-hybridized carbons (Fsp3) is 0.263. The molecule has 0 saturated heterocycles. The second kappa shape index (κ2) is 9.51. The molecule has 2 rings (SSSR count). The third kappa shape index (κ3) is 6.56. The number of alkyl halides is 3. The Labute approximate surface area is 169 Å².